The Kier molecular flexibility index (Phi) is 8.04. The number of aliphatic hydroxyl groups excluding tert-OH is 1. The number of amides is 1. The number of methoxy groups -OCH3 is 3. The van der Waals surface area contributed by atoms with Gasteiger partial charge in [0.1, 0.15) is 17.3 Å². The number of carbonyl (C=O) groups excluding carboxylic acids is 2. The number of rotatable bonds is 8. The van der Waals surface area contributed by atoms with Crippen LogP contribution >= 0.6 is 23.2 Å². The van der Waals surface area contributed by atoms with Crippen LogP contribution in [0.3, 0.4) is 0 Å². The van der Waals surface area contributed by atoms with Gasteiger partial charge in [0, 0.05) is 10.7 Å². The van der Waals surface area contributed by atoms with E-state index in [1.54, 1.807) is 42.5 Å². The van der Waals surface area contributed by atoms with Crippen LogP contribution in [0.25, 0.3) is 5.76 Å². The van der Waals surface area contributed by atoms with Gasteiger partial charge in [0.05, 0.1) is 50.1 Å². The highest BCUT2D eigenvalue weighted by molar-refractivity contribution is 6.52. The minimum atomic E-state index is -1.03. The number of Topliss-reactive ketones (excluding diaryl/α,β-unsaturated/α-hetero) is 1. The summed E-state index contributed by atoms with van der Waals surface area (Å²) in [7, 11) is 4.35. The predicted molar refractivity (Wildman–Crippen MR) is 145 cm³/mol. The molecule has 1 N–H and O–H groups in total. The highest BCUT2D eigenvalue weighted by Gasteiger charge is 2.47. The third-order valence-electron chi connectivity index (χ3n) is 6.06. The molecule has 0 radical (unpaired) electrons. The maximum absolute atomic E-state index is 13.5. The molecular formula is C28H25Cl2NO7. The van der Waals surface area contributed by atoms with Crippen LogP contribution in [0.1, 0.15) is 24.1 Å². The van der Waals surface area contributed by atoms with E-state index in [1.165, 1.54) is 38.4 Å². The molecule has 1 atom stereocenters. The lowest BCUT2D eigenvalue weighted by atomic mass is 9.94. The minimum Gasteiger partial charge on any atom is -0.507 e. The molecule has 4 rings (SSSR count). The average molecular weight is 558 g/mol. The molecule has 3 aromatic carbocycles. The number of benzene rings is 3. The van der Waals surface area contributed by atoms with Gasteiger partial charge in [-0.2, -0.15) is 0 Å². The summed E-state index contributed by atoms with van der Waals surface area (Å²) in [6.45, 7) is 2.33. The van der Waals surface area contributed by atoms with E-state index < -0.39 is 23.5 Å². The first-order chi connectivity index (χ1) is 18.2. The smallest absolute Gasteiger partial charge is 0.300 e. The Hall–Kier alpha value is -3.88. The van der Waals surface area contributed by atoms with E-state index in [-0.39, 0.29) is 26.9 Å². The fourth-order valence-corrected chi connectivity index (χ4v) is 4.97. The fourth-order valence-electron chi connectivity index (χ4n) is 4.40. The Morgan fingerprint density at radius 3 is 2.21 bits per heavy atom. The Bertz CT molecular complexity index is 1420. The van der Waals surface area contributed by atoms with Crippen LogP contribution in [0.4, 0.5) is 5.69 Å². The van der Waals surface area contributed by atoms with Crippen LogP contribution in [0.2, 0.25) is 10.0 Å². The van der Waals surface area contributed by atoms with Crippen molar-refractivity contribution in [1.29, 1.82) is 0 Å². The quantitative estimate of drug-likeness (QED) is 0.205. The lowest BCUT2D eigenvalue weighted by Crippen LogP contribution is -2.29. The molecule has 0 bridgehead atoms. The van der Waals surface area contributed by atoms with Gasteiger partial charge < -0.3 is 24.1 Å². The number of ether oxygens (including phenoxy) is 4. The van der Waals surface area contributed by atoms with E-state index in [9.17, 15) is 14.7 Å². The van der Waals surface area contributed by atoms with Crippen molar-refractivity contribution in [3.63, 3.8) is 0 Å². The number of ketones is 1. The molecule has 0 spiro atoms. The van der Waals surface area contributed by atoms with Gasteiger partial charge in [-0.25, -0.2) is 0 Å². The lowest BCUT2D eigenvalue weighted by molar-refractivity contribution is -0.132. The van der Waals surface area contributed by atoms with Crippen molar-refractivity contribution in [2.45, 2.75) is 13.0 Å². The molecule has 1 aliphatic rings. The van der Waals surface area contributed by atoms with E-state index >= 15 is 0 Å². The second-order valence-corrected chi connectivity index (χ2v) is 9.02. The van der Waals surface area contributed by atoms with Crippen LogP contribution in [0.15, 0.2) is 60.2 Å². The van der Waals surface area contributed by atoms with Crippen molar-refractivity contribution in [2.24, 2.45) is 0 Å². The van der Waals surface area contributed by atoms with E-state index in [2.05, 4.69) is 0 Å². The highest BCUT2D eigenvalue weighted by Crippen LogP contribution is 2.46. The molecule has 1 amide bonds. The van der Waals surface area contributed by atoms with Crippen LogP contribution < -0.4 is 23.8 Å². The number of anilines is 1. The molecular weight excluding hydrogens is 533 g/mol. The van der Waals surface area contributed by atoms with Crippen molar-refractivity contribution >= 4 is 46.3 Å². The number of hydrogen-bond donors (Lipinski definition) is 1. The number of nitrogens with zero attached hydrogens (tertiary/aromatic N) is 1. The molecule has 3 aromatic rings. The molecule has 0 aromatic heterocycles. The second-order valence-electron chi connectivity index (χ2n) is 8.18. The SMILES string of the molecule is CCOc1ccc(N2C(=O)C(=O)/C(=C(/O)c3cc(Cl)cc(Cl)c3OC)C2c2ccc(OC)c(OC)c2)cc1. The molecule has 198 valence electrons. The topological polar surface area (TPSA) is 94.5 Å². The molecule has 1 saturated heterocycles. The first-order valence-electron chi connectivity index (χ1n) is 11.5. The van der Waals surface area contributed by atoms with Crippen molar-refractivity contribution < 1.29 is 33.6 Å². The molecule has 10 heteroatoms. The first-order valence-corrected chi connectivity index (χ1v) is 12.3. The van der Waals surface area contributed by atoms with Crippen LogP contribution in [0.5, 0.6) is 23.0 Å². The third kappa shape index (κ3) is 4.85. The standard InChI is InChI=1S/C28H25Cl2NO7/c1-5-38-18-9-7-17(8-10-18)31-24(15-6-11-21(35-2)22(12-15)36-3)23(26(33)28(31)34)25(32)19-13-16(29)14-20(30)27(19)37-4/h6-14,24,32H,5H2,1-4H3/b25-23+. The Morgan fingerprint density at radius 1 is 0.921 bits per heavy atom. The van der Waals surface area contributed by atoms with Gasteiger partial charge in [-0.1, -0.05) is 29.3 Å². The summed E-state index contributed by atoms with van der Waals surface area (Å²) in [6, 6.07) is 13.6. The van der Waals surface area contributed by atoms with Gasteiger partial charge in [-0.15, -0.1) is 0 Å². The zero-order valence-electron chi connectivity index (χ0n) is 21.1. The fraction of sp³-hybridized carbons (Fsp3) is 0.214. The maximum Gasteiger partial charge on any atom is 0.300 e. The Labute approximate surface area is 229 Å². The van der Waals surface area contributed by atoms with Crippen molar-refractivity contribution in [1.82, 2.24) is 0 Å². The van der Waals surface area contributed by atoms with Crippen molar-refractivity contribution in [3.05, 3.63) is 81.3 Å². The molecule has 1 unspecified atom stereocenters. The summed E-state index contributed by atoms with van der Waals surface area (Å²) in [6.07, 6.45) is 0. The predicted octanol–water partition coefficient (Wildman–Crippen LogP) is 6.04. The van der Waals surface area contributed by atoms with Gasteiger partial charge in [0.25, 0.3) is 11.7 Å². The third-order valence-corrected chi connectivity index (χ3v) is 6.56. The van der Waals surface area contributed by atoms with Crippen LogP contribution in [-0.4, -0.2) is 44.7 Å². The van der Waals surface area contributed by atoms with Gasteiger partial charge >= 0.3 is 0 Å². The van der Waals surface area contributed by atoms with E-state index in [0.29, 0.717) is 35.1 Å². The van der Waals surface area contributed by atoms with Gasteiger partial charge in [-0.05, 0) is 61.0 Å². The zero-order chi connectivity index (χ0) is 27.6. The maximum atomic E-state index is 13.5. The summed E-state index contributed by atoms with van der Waals surface area (Å²) in [5.41, 5.74) is 0.808. The average Bonchev–Trinajstić information content (AvgIpc) is 3.18. The molecule has 0 aliphatic carbocycles. The molecule has 1 heterocycles. The molecule has 1 fully saturated rings. The van der Waals surface area contributed by atoms with E-state index in [4.69, 9.17) is 42.1 Å². The van der Waals surface area contributed by atoms with Gasteiger partial charge in [-0.3, -0.25) is 14.5 Å². The number of halogens is 2. The molecule has 8 nitrogen and oxygen atoms in total. The molecule has 0 saturated carbocycles. The summed E-state index contributed by atoms with van der Waals surface area (Å²) < 4.78 is 21.7. The molecule has 1 aliphatic heterocycles. The second kappa shape index (κ2) is 11.2. The summed E-state index contributed by atoms with van der Waals surface area (Å²) in [4.78, 5) is 28.3. The van der Waals surface area contributed by atoms with E-state index in [0.717, 1.165) is 0 Å². The number of carbonyl (C=O) groups is 2. The Balaban J connectivity index is 1.99. The van der Waals surface area contributed by atoms with Crippen molar-refractivity contribution in [2.75, 3.05) is 32.8 Å². The summed E-state index contributed by atoms with van der Waals surface area (Å²) >= 11 is 12.5. The minimum absolute atomic E-state index is 0.0696. The lowest BCUT2D eigenvalue weighted by Gasteiger charge is -2.26. The number of hydrogen-bond acceptors (Lipinski definition) is 7. The number of aliphatic hydroxyl groups is 1. The van der Waals surface area contributed by atoms with Gasteiger partial charge in [0.2, 0.25) is 0 Å². The summed E-state index contributed by atoms with van der Waals surface area (Å²) in [5.74, 6) is -0.668. The van der Waals surface area contributed by atoms with Crippen LogP contribution in [0, 0.1) is 0 Å². The molecule has 38 heavy (non-hydrogen) atoms. The van der Waals surface area contributed by atoms with Gasteiger partial charge in [0.15, 0.2) is 11.5 Å². The largest absolute Gasteiger partial charge is 0.507 e. The summed E-state index contributed by atoms with van der Waals surface area (Å²) in [5, 5.41) is 11.9. The van der Waals surface area contributed by atoms with Crippen molar-refractivity contribution in [3.8, 4) is 23.0 Å². The highest BCUT2D eigenvalue weighted by atomic mass is 35.5. The Morgan fingerprint density at radius 2 is 1.61 bits per heavy atom. The monoisotopic (exact) mass is 557 g/mol. The van der Waals surface area contributed by atoms with Crippen LogP contribution in [-0.2, 0) is 9.59 Å². The normalized spacial score (nSPS) is 16.5. The first kappa shape index (κ1) is 27.2. The zero-order valence-corrected chi connectivity index (χ0v) is 22.6. The van der Waals surface area contributed by atoms with E-state index in [1.807, 2.05) is 6.92 Å².